The topological polar surface area (TPSA) is 29.9 Å². The highest BCUT2D eigenvalue weighted by molar-refractivity contribution is 5.59. The van der Waals surface area contributed by atoms with Gasteiger partial charge in [0.15, 0.2) is 0 Å². The highest BCUT2D eigenvalue weighted by Gasteiger charge is 2.30. The second kappa shape index (κ2) is 6.99. The first-order chi connectivity index (χ1) is 12.6. The van der Waals surface area contributed by atoms with E-state index in [0.29, 0.717) is 12.1 Å². The average Bonchev–Trinajstić information content (AvgIpc) is 3.28. The van der Waals surface area contributed by atoms with Gasteiger partial charge < -0.3 is 5.32 Å². The highest BCUT2D eigenvalue weighted by atomic mass is 15.3. The Morgan fingerprint density at radius 3 is 2.42 bits per heavy atom. The number of aromatic nitrogens is 2. The molecule has 1 fully saturated rings. The molecule has 1 aliphatic rings. The molecule has 0 aliphatic heterocycles. The fourth-order valence-corrected chi connectivity index (χ4v) is 4.30. The molecule has 0 spiro atoms. The summed E-state index contributed by atoms with van der Waals surface area (Å²) in [5.74, 6) is 0. The van der Waals surface area contributed by atoms with Gasteiger partial charge in [-0.1, -0.05) is 48.0 Å². The predicted molar refractivity (Wildman–Crippen MR) is 109 cm³/mol. The molecule has 26 heavy (non-hydrogen) atoms. The van der Waals surface area contributed by atoms with Crippen LogP contribution in [0.4, 0.5) is 5.69 Å². The molecule has 2 aromatic carbocycles. The van der Waals surface area contributed by atoms with Crippen LogP contribution in [-0.4, -0.2) is 15.8 Å². The van der Waals surface area contributed by atoms with Gasteiger partial charge in [0.2, 0.25) is 0 Å². The monoisotopic (exact) mass is 345 g/mol. The largest absolute Gasteiger partial charge is 0.380 e. The zero-order valence-corrected chi connectivity index (χ0v) is 15.9. The van der Waals surface area contributed by atoms with Crippen LogP contribution >= 0.6 is 0 Å². The first-order valence-electron chi connectivity index (χ1n) is 9.57. The van der Waals surface area contributed by atoms with Gasteiger partial charge in [-0.15, -0.1) is 0 Å². The van der Waals surface area contributed by atoms with Crippen molar-refractivity contribution in [2.45, 2.75) is 52.1 Å². The Bertz CT molecular complexity index is 872. The van der Waals surface area contributed by atoms with Crippen LogP contribution in [0.5, 0.6) is 0 Å². The Hall–Kier alpha value is -2.55. The van der Waals surface area contributed by atoms with Crippen molar-refractivity contribution in [2.24, 2.45) is 0 Å². The van der Waals surface area contributed by atoms with Gasteiger partial charge in [0, 0.05) is 23.5 Å². The van der Waals surface area contributed by atoms with Crippen LogP contribution < -0.4 is 5.32 Å². The molecule has 4 rings (SSSR count). The van der Waals surface area contributed by atoms with Crippen LogP contribution in [-0.2, 0) is 0 Å². The van der Waals surface area contributed by atoms with Crippen molar-refractivity contribution in [1.29, 1.82) is 0 Å². The molecule has 1 heterocycles. The van der Waals surface area contributed by atoms with Gasteiger partial charge in [-0.3, -0.25) is 4.68 Å². The summed E-state index contributed by atoms with van der Waals surface area (Å²) in [6, 6.07) is 17.9. The van der Waals surface area contributed by atoms with E-state index in [1.54, 1.807) is 0 Å². The maximum Gasteiger partial charge on any atom is 0.0923 e. The molecule has 3 heteroatoms. The lowest BCUT2D eigenvalue weighted by atomic mass is 10.0. The van der Waals surface area contributed by atoms with Crippen molar-refractivity contribution in [1.82, 2.24) is 9.78 Å². The van der Waals surface area contributed by atoms with Crippen molar-refractivity contribution in [3.05, 3.63) is 71.4 Å². The molecule has 134 valence electrons. The normalized spacial score (nSPS) is 19.7. The van der Waals surface area contributed by atoms with E-state index in [4.69, 9.17) is 5.10 Å². The minimum Gasteiger partial charge on any atom is -0.380 e. The summed E-state index contributed by atoms with van der Waals surface area (Å²) in [4.78, 5) is 0. The smallest absolute Gasteiger partial charge is 0.0923 e. The Balaban J connectivity index is 1.57. The van der Waals surface area contributed by atoms with E-state index in [1.807, 2.05) is 6.07 Å². The molecule has 1 aromatic heterocycles. The molecule has 1 aliphatic carbocycles. The molecule has 0 radical (unpaired) electrons. The van der Waals surface area contributed by atoms with Crippen molar-refractivity contribution < 1.29 is 0 Å². The second-order valence-corrected chi connectivity index (χ2v) is 7.57. The van der Waals surface area contributed by atoms with Crippen LogP contribution in [0.3, 0.4) is 0 Å². The molecular weight excluding hydrogens is 318 g/mol. The standard InChI is InChI=1S/C23H27N3/c1-16-14-17(2)23(18(3)15-16)24-21-10-7-11-22(21)26-13-12-20(25-26)19-8-5-4-6-9-19/h4-6,8-9,12-15,21-22,24H,7,10-11H2,1-3H3/t21-,22-/m0/s1. The summed E-state index contributed by atoms with van der Waals surface area (Å²) in [7, 11) is 0. The number of benzene rings is 2. The van der Waals surface area contributed by atoms with Gasteiger partial charge in [0.1, 0.15) is 0 Å². The van der Waals surface area contributed by atoms with Crippen LogP contribution in [0.15, 0.2) is 54.7 Å². The third-order valence-electron chi connectivity index (χ3n) is 5.50. The van der Waals surface area contributed by atoms with Gasteiger partial charge in [-0.05, 0) is 57.2 Å². The lowest BCUT2D eigenvalue weighted by Gasteiger charge is -2.25. The van der Waals surface area contributed by atoms with Gasteiger partial charge in [0.25, 0.3) is 0 Å². The average molecular weight is 345 g/mol. The molecule has 0 unspecified atom stereocenters. The molecule has 0 saturated heterocycles. The van der Waals surface area contributed by atoms with E-state index in [2.05, 4.69) is 79.4 Å². The minimum absolute atomic E-state index is 0.410. The third-order valence-corrected chi connectivity index (χ3v) is 5.50. The fourth-order valence-electron chi connectivity index (χ4n) is 4.30. The lowest BCUT2D eigenvalue weighted by molar-refractivity contribution is 0.438. The van der Waals surface area contributed by atoms with E-state index >= 15 is 0 Å². The number of nitrogens with zero attached hydrogens (tertiary/aromatic N) is 2. The third kappa shape index (κ3) is 3.26. The quantitative estimate of drug-likeness (QED) is 0.659. The number of anilines is 1. The Morgan fingerprint density at radius 2 is 1.69 bits per heavy atom. The summed E-state index contributed by atoms with van der Waals surface area (Å²) in [6.45, 7) is 6.57. The number of aryl methyl sites for hydroxylation is 3. The Morgan fingerprint density at radius 1 is 0.962 bits per heavy atom. The van der Waals surface area contributed by atoms with E-state index in [0.717, 1.165) is 5.69 Å². The maximum absolute atomic E-state index is 4.89. The number of hydrogen-bond acceptors (Lipinski definition) is 2. The van der Waals surface area contributed by atoms with Crippen LogP contribution in [0.1, 0.15) is 42.0 Å². The summed E-state index contributed by atoms with van der Waals surface area (Å²) < 4.78 is 2.17. The maximum atomic E-state index is 4.89. The van der Waals surface area contributed by atoms with Gasteiger partial charge >= 0.3 is 0 Å². The van der Waals surface area contributed by atoms with Crippen LogP contribution in [0.25, 0.3) is 11.3 Å². The van der Waals surface area contributed by atoms with Crippen molar-refractivity contribution in [3.63, 3.8) is 0 Å². The predicted octanol–water partition coefficient (Wildman–Crippen LogP) is 5.68. The zero-order valence-electron chi connectivity index (χ0n) is 15.9. The van der Waals surface area contributed by atoms with E-state index < -0.39 is 0 Å². The minimum atomic E-state index is 0.410. The van der Waals surface area contributed by atoms with Gasteiger partial charge in [0.05, 0.1) is 11.7 Å². The fraction of sp³-hybridized carbons (Fsp3) is 0.348. The van der Waals surface area contributed by atoms with Crippen molar-refractivity contribution in [2.75, 3.05) is 5.32 Å². The Labute approximate surface area is 156 Å². The lowest BCUT2D eigenvalue weighted by Crippen LogP contribution is -2.27. The summed E-state index contributed by atoms with van der Waals surface area (Å²) in [5.41, 5.74) is 7.52. The van der Waals surface area contributed by atoms with Crippen molar-refractivity contribution >= 4 is 5.69 Å². The molecular formula is C23H27N3. The molecule has 0 amide bonds. The number of nitrogens with one attached hydrogen (secondary N) is 1. The van der Waals surface area contributed by atoms with E-state index in [1.165, 1.54) is 47.2 Å². The molecule has 3 nitrogen and oxygen atoms in total. The highest BCUT2D eigenvalue weighted by Crippen LogP contribution is 2.34. The van der Waals surface area contributed by atoms with Gasteiger partial charge in [-0.25, -0.2) is 0 Å². The number of hydrogen-bond donors (Lipinski definition) is 1. The SMILES string of the molecule is Cc1cc(C)c(N[C@H]2CCC[C@@H]2n2ccc(-c3ccccc3)n2)c(C)c1. The molecule has 0 bridgehead atoms. The number of rotatable bonds is 4. The molecule has 3 aromatic rings. The van der Waals surface area contributed by atoms with Crippen LogP contribution in [0.2, 0.25) is 0 Å². The van der Waals surface area contributed by atoms with E-state index in [-0.39, 0.29) is 0 Å². The zero-order chi connectivity index (χ0) is 18.1. The molecule has 1 saturated carbocycles. The van der Waals surface area contributed by atoms with Crippen LogP contribution in [0, 0.1) is 20.8 Å². The summed E-state index contributed by atoms with van der Waals surface area (Å²) >= 11 is 0. The van der Waals surface area contributed by atoms with Crippen molar-refractivity contribution in [3.8, 4) is 11.3 Å². The van der Waals surface area contributed by atoms with Gasteiger partial charge in [-0.2, -0.15) is 5.10 Å². The molecule has 2 atom stereocenters. The van der Waals surface area contributed by atoms with E-state index in [9.17, 15) is 0 Å². The first-order valence-corrected chi connectivity index (χ1v) is 9.57. The summed E-state index contributed by atoms with van der Waals surface area (Å²) in [6.07, 6.45) is 5.75. The second-order valence-electron chi connectivity index (χ2n) is 7.57. The first kappa shape index (κ1) is 16.9. The Kier molecular flexibility index (Phi) is 4.54. The summed E-state index contributed by atoms with van der Waals surface area (Å²) in [5, 5.41) is 8.73. The molecule has 1 N–H and O–H groups in total.